The maximum Gasteiger partial charge on any atom is 0.330 e. The number of methoxy groups -OCH3 is 2. The van der Waals surface area contributed by atoms with Crippen LogP contribution in [0.25, 0.3) is 0 Å². The maximum atomic E-state index is 13.6. The third-order valence-electron chi connectivity index (χ3n) is 18.7. The highest BCUT2D eigenvalue weighted by molar-refractivity contribution is 5.83. The second-order valence-corrected chi connectivity index (χ2v) is 23.5. The Balaban J connectivity index is 0.868. The van der Waals surface area contributed by atoms with E-state index < -0.39 is 157 Å². The number of aliphatic hydroxyl groups is 8. The molecule has 0 aromatic carbocycles. The van der Waals surface area contributed by atoms with E-state index in [1.165, 1.54) is 20.1 Å². The first-order chi connectivity index (χ1) is 35.3. The highest BCUT2D eigenvalue weighted by atomic mass is 16.8. The van der Waals surface area contributed by atoms with Crippen molar-refractivity contribution in [3.05, 3.63) is 23.3 Å². The standard InChI is InChI=1S/C54H86O21/c1-25(2)26(3)17-40(59)72-39-22-37-51(8)14-12-32(18-31(51)11-15-53(37,63)54(64)16-13-38(58)52(39,54)23-27(4)56)70-42-20-34(65-9)48(29(6)68-42)74-41-19-33(57)47(28(5)67-41)73-43-21-35(66-10)49(30(7)69-43)75-50-46(62)45(61)44(60)36(24-55)71-50/h11,17,25,28-30,32-39,41-50,55,57-58,60-64H,12-16,18-24H2,1-10H3. The van der Waals surface area contributed by atoms with E-state index in [-0.39, 0.29) is 62.8 Å². The van der Waals surface area contributed by atoms with E-state index in [0.717, 1.165) is 11.1 Å². The summed E-state index contributed by atoms with van der Waals surface area (Å²) in [5.74, 6) is -1.38. The lowest BCUT2D eigenvalue weighted by atomic mass is 9.42. The molecule has 0 spiro atoms. The van der Waals surface area contributed by atoms with Crippen LogP contribution in [0.3, 0.4) is 0 Å². The van der Waals surface area contributed by atoms with Crippen LogP contribution in [0.1, 0.15) is 126 Å². The summed E-state index contributed by atoms with van der Waals surface area (Å²) in [4.78, 5) is 26.6. The lowest BCUT2D eigenvalue weighted by Crippen LogP contribution is -2.77. The molecule has 21 nitrogen and oxygen atoms in total. The molecule has 4 aliphatic heterocycles. The Bertz CT molecular complexity index is 2040. The molecule has 21 heteroatoms. The minimum atomic E-state index is -1.92. The molecule has 0 amide bonds. The van der Waals surface area contributed by atoms with Crippen LogP contribution >= 0.6 is 0 Å². The molecule has 0 radical (unpaired) electrons. The van der Waals surface area contributed by atoms with Gasteiger partial charge in [-0.15, -0.1) is 0 Å². The highest BCUT2D eigenvalue weighted by Gasteiger charge is 2.78. The first-order valence-electron chi connectivity index (χ1n) is 27.2. The maximum absolute atomic E-state index is 13.6. The predicted molar refractivity (Wildman–Crippen MR) is 262 cm³/mol. The SMILES string of the molecule is COC1CC(OC2CCC3(C)C(=CCC4(O)C3CC(OC(=O)C=C(C)C(C)C)C3(CC(C)=O)C(O)CCC43O)C2)OC(C)C1OC1CC(O)C(OC2CC(OC)C(OC3OC(CO)C(O)C(O)C3O)C(C)O2)C(C)O1. The van der Waals surface area contributed by atoms with E-state index >= 15 is 0 Å². The van der Waals surface area contributed by atoms with Gasteiger partial charge in [0.15, 0.2) is 25.2 Å². The summed E-state index contributed by atoms with van der Waals surface area (Å²) >= 11 is 0. The molecule has 8 rings (SSSR count). The lowest BCUT2D eigenvalue weighted by Gasteiger charge is -2.66. The number of carbonyl (C=O) groups excluding carboxylic acids is 2. The molecule has 7 fully saturated rings. The van der Waals surface area contributed by atoms with Crippen molar-refractivity contribution in [2.45, 2.75) is 260 Å². The monoisotopic (exact) mass is 1070 g/mol. The van der Waals surface area contributed by atoms with Gasteiger partial charge in [0.05, 0.1) is 60.9 Å². The van der Waals surface area contributed by atoms with Gasteiger partial charge in [0.2, 0.25) is 0 Å². The second kappa shape index (κ2) is 23.2. The number of hydrogen-bond donors (Lipinski definition) is 8. The van der Waals surface area contributed by atoms with Crippen molar-refractivity contribution in [1.29, 1.82) is 0 Å². The highest BCUT2D eigenvalue weighted by Crippen LogP contribution is 2.70. The second-order valence-electron chi connectivity index (χ2n) is 23.5. The van der Waals surface area contributed by atoms with Crippen molar-refractivity contribution >= 4 is 11.8 Å². The molecule has 0 bridgehead atoms. The first kappa shape index (κ1) is 59.0. The van der Waals surface area contributed by atoms with Gasteiger partial charge >= 0.3 is 5.97 Å². The largest absolute Gasteiger partial charge is 0.458 e. The van der Waals surface area contributed by atoms with Gasteiger partial charge in [-0.25, -0.2) is 4.79 Å². The van der Waals surface area contributed by atoms with Crippen molar-refractivity contribution in [3.63, 3.8) is 0 Å². The van der Waals surface area contributed by atoms with Crippen LogP contribution in [0.4, 0.5) is 0 Å². The summed E-state index contributed by atoms with van der Waals surface area (Å²) in [6.45, 7) is 14.0. The van der Waals surface area contributed by atoms with Crippen LogP contribution in [0, 0.1) is 22.7 Å². The van der Waals surface area contributed by atoms with Gasteiger partial charge in [-0.1, -0.05) is 38.0 Å². The van der Waals surface area contributed by atoms with E-state index in [4.69, 9.17) is 52.1 Å². The van der Waals surface area contributed by atoms with Crippen molar-refractivity contribution in [2.24, 2.45) is 22.7 Å². The number of ether oxygens (including phenoxy) is 11. The number of esters is 1. The summed E-state index contributed by atoms with van der Waals surface area (Å²) in [7, 11) is 3.07. The third-order valence-corrected chi connectivity index (χ3v) is 18.7. The van der Waals surface area contributed by atoms with Crippen LogP contribution in [-0.2, 0) is 61.7 Å². The Hall–Kier alpha value is -2.10. The minimum Gasteiger partial charge on any atom is -0.458 e. The average molecular weight is 1070 g/mol. The van der Waals surface area contributed by atoms with Gasteiger partial charge in [0, 0.05) is 51.9 Å². The number of ketones is 1. The Morgan fingerprint density at radius 3 is 1.93 bits per heavy atom. The van der Waals surface area contributed by atoms with Gasteiger partial charge < -0.3 is 97.8 Å². The molecule has 3 saturated carbocycles. The van der Waals surface area contributed by atoms with Gasteiger partial charge in [-0.3, -0.25) is 0 Å². The van der Waals surface area contributed by atoms with E-state index in [1.54, 1.807) is 21.0 Å². The number of allylic oxidation sites excluding steroid dienone is 1. The van der Waals surface area contributed by atoms with E-state index in [0.29, 0.717) is 25.7 Å². The zero-order valence-corrected chi connectivity index (χ0v) is 45.2. The third kappa shape index (κ3) is 11.0. The Kier molecular flexibility index (Phi) is 18.2. The van der Waals surface area contributed by atoms with Crippen molar-refractivity contribution in [1.82, 2.24) is 0 Å². The van der Waals surface area contributed by atoms with Crippen LogP contribution in [0.5, 0.6) is 0 Å². The van der Waals surface area contributed by atoms with Gasteiger partial charge in [-0.05, 0) is 90.9 Å². The number of aliphatic hydroxyl groups excluding tert-OH is 6. The summed E-state index contributed by atoms with van der Waals surface area (Å²) in [5.41, 5.74) is -4.01. The molecule has 4 aliphatic carbocycles. The van der Waals surface area contributed by atoms with E-state index in [2.05, 4.69) is 6.92 Å². The number of rotatable bonds is 16. The summed E-state index contributed by atoms with van der Waals surface area (Å²) in [6, 6.07) is 0. The summed E-state index contributed by atoms with van der Waals surface area (Å²) in [5, 5.41) is 89.8. The molecule has 8 aliphatic rings. The Labute approximate surface area is 440 Å². The number of hydrogen-bond acceptors (Lipinski definition) is 21. The zero-order valence-electron chi connectivity index (χ0n) is 45.2. The van der Waals surface area contributed by atoms with E-state index in [1.807, 2.05) is 33.8 Å². The number of carbonyl (C=O) groups is 2. The molecule has 0 aromatic rings. The van der Waals surface area contributed by atoms with Crippen molar-refractivity contribution < 1.29 is 103 Å². The fourth-order valence-corrected chi connectivity index (χ4v) is 14.2. The number of Topliss-reactive ketones (excluding diaryl/α,β-unsaturated/α-hetero) is 1. The fraction of sp³-hybridized carbons (Fsp3) is 0.889. The molecular formula is C54H86O21. The molecule has 0 aromatic heterocycles. The predicted octanol–water partition coefficient (Wildman–Crippen LogP) is 1.76. The van der Waals surface area contributed by atoms with Crippen LogP contribution in [0.15, 0.2) is 23.3 Å². The molecule has 4 heterocycles. The molecule has 8 N–H and O–H groups in total. The zero-order chi connectivity index (χ0) is 54.7. The normalized spacial score (nSPS) is 49.3. The Morgan fingerprint density at radius 2 is 1.35 bits per heavy atom. The topological polar surface area (TPSA) is 298 Å². The van der Waals surface area contributed by atoms with Crippen LogP contribution in [0.2, 0.25) is 0 Å². The molecule has 75 heavy (non-hydrogen) atoms. The van der Waals surface area contributed by atoms with Crippen molar-refractivity contribution in [2.75, 3.05) is 20.8 Å². The molecule has 428 valence electrons. The summed E-state index contributed by atoms with van der Waals surface area (Å²) in [6.07, 6.45) is -12.5. The molecule has 25 atom stereocenters. The van der Waals surface area contributed by atoms with Crippen LogP contribution in [-0.4, -0.2) is 207 Å². The fourth-order valence-electron chi connectivity index (χ4n) is 14.2. The van der Waals surface area contributed by atoms with Gasteiger partial charge in [0.1, 0.15) is 65.8 Å². The molecule has 25 unspecified atom stereocenters. The first-order valence-corrected chi connectivity index (χ1v) is 27.2. The van der Waals surface area contributed by atoms with Crippen LogP contribution < -0.4 is 0 Å². The summed E-state index contributed by atoms with van der Waals surface area (Å²) < 4.78 is 68.0. The average Bonchev–Trinajstić information content (AvgIpc) is 3.70. The molecular weight excluding hydrogens is 985 g/mol. The van der Waals surface area contributed by atoms with Gasteiger partial charge in [0.25, 0.3) is 0 Å². The molecule has 4 saturated heterocycles. The van der Waals surface area contributed by atoms with Gasteiger partial charge in [-0.2, -0.15) is 0 Å². The minimum absolute atomic E-state index is 0.0451. The van der Waals surface area contributed by atoms with E-state index in [9.17, 15) is 50.4 Å². The smallest absolute Gasteiger partial charge is 0.330 e. The number of fused-ring (bicyclic) bond motifs is 5. The lowest BCUT2D eigenvalue weighted by molar-refractivity contribution is -0.356. The van der Waals surface area contributed by atoms with Crippen molar-refractivity contribution in [3.8, 4) is 0 Å². The Morgan fingerprint density at radius 1 is 0.760 bits per heavy atom. The quantitative estimate of drug-likeness (QED) is 0.0621.